The summed E-state index contributed by atoms with van der Waals surface area (Å²) in [5, 5.41) is 9.18. The molecule has 1 aliphatic rings. The summed E-state index contributed by atoms with van der Waals surface area (Å²) in [6.07, 6.45) is 6.77. The zero-order valence-electron chi connectivity index (χ0n) is 16.5. The van der Waals surface area contributed by atoms with E-state index in [0.29, 0.717) is 11.3 Å². The summed E-state index contributed by atoms with van der Waals surface area (Å²) < 4.78 is 0. The number of aromatic carboxylic acids is 1. The van der Waals surface area contributed by atoms with E-state index in [1.165, 1.54) is 6.20 Å². The van der Waals surface area contributed by atoms with Crippen molar-refractivity contribution >= 4 is 34.5 Å². The van der Waals surface area contributed by atoms with Gasteiger partial charge < -0.3 is 15.7 Å². The number of hydrogen-bond acceptors (Lipinski definition) is 6. The molecule has 30 heavy (non-hydrogen) atoms. The van der Waals surface area contributed by atoms with Crippen LogP contribution in [0.4, 0.5) is 5.69 Å². The minimum atomic E-state index is -0.908. The fourth-order valence-electron chi connectivity index (χ4n) is 3.59. The second-order valence-corrected chi connectivity index (χ2v) is 7.22. The van der Waals surface area contributed by atoms with E-state index in [4.69, 9.17) is 10.7 Å². The van der Waals surface area contributed by atoms with E-state index in [1.54, 1.807) is 30.6 Å². The third-order valence-electron chi connectivity index (χ3n) is 5.27. The molecule has 3 aromatic rings. The normalized spacial score (nSPS) is 15.7. The van der Waals surface area contributed by atoms with Gasteiger partial charge in [-0.2, -0.15) is 0 Å². The fourth-order valence-corrected chi connectivity index (χ4v) is 3.59. The molecule has 3 N–H and O–H groups in total. The van der Waals surface area contributed by atoms with Crippen LogP contribution in [0.15, 0.2) is 65.9 Å². The quantitative estimate of drug-likeness (QED) is 0.635. The van der Waals surface area contributed by atoms with Crippen LogP contribution >= 0.6 is 0 Å². The number of anilines is 1. The summed E-state index contributed by atoms with van der Waals surface area (Å²) in [5.41, 5.74) is 10.2. The number of carboxylic acids is 1. The monoisotopic (exact) mass is 401 g/mol. The number of carbonyl (C=O) groups is 1. The summed E-state index contributed by atoms with van der Waals surface area (Å²) >= 11 is 0. The molecule has 4 rings (SSSR count). The second-order valence-electron chi connectivity index (χ2n) is 7.22. The predicted molar refractivity (Wildman–Crippen MR) is 119 cm³/mol. The van der Waals surface area contributed by atoms with Gasteiger partial charge in [0.25, 0.3) is 0 Å². The van der Waals surface area contributed by atoms with Crippen molar-refractivity contribution < 1.29 is 9.90 Å². The smallest absolute Gasteiger partial charge is 0.335 e. The van der Waals surface area contributed by atoms with Gasteiger partial charge in [0.15, 0.2) is 0 Å². The van der Waals surface area contributed by atoms with Gasteiger partial charge in [-0.3, -0.25) is 9.98 Å². The van der Waals surface area contributed by atoms with Crippen molar-refractivity contribution in [3.05, 3.63) is 72.2 Å². The first-order valence-electron chi connectivity index (χ1n) is 9.89. The van der Waals surface area contributed by atoms with Gasteiger partial charge in [-0.15, -0.1) is 0 Å². The standard InChI is InChI=1S/C23H23N5O2/c24-13-17(22-15-26-20-6-1-2-7-21(20)27-22)14-25-18-8-10-28(11-9-18)19-5-3-4-16(12-19)23(29)30/h1-7,12-15,18H,8-11,24H2,(H,29,30). The molecule has 1 fully saturated rings. The van der Waals surface area contributed by atoms with Crippen molar-refractivity contribution in [1.29, 1.82) is 0 Å². The minimum absolute atomic E-state index is 0.187. The number of nitrogens with two attached hydrogens (primary N) is 1. The molecule has 2 aromatic carbocycles. The fraction of sp³-hybridized carbons (Fsp3) is 0.217. The van der Waals surface area contributed by atoms with Gasteiger partial charge in [0, 0.05) is 36.8 Å². The van der Waals surface area contributed by atoms with Gasteiger partial charge in [0.2, 0.25) is 0 Å². The maximum atomic E-state index is 11.2. The number of carboxylic acid groups (broad SMARTS) is 1. The van der Waals surface area contributed by atoms with Crippen molar-refractivity contribution in [1.82, 2.24) is 9.97 Å². The molecule has 152 valence electrons. The highest BCUT2D eigenvalue weighted by molar-refractivity contribution is 6.09. The number of piperidine rings is 1. The lowest BCUT2D eigenvalue weighted by Gasteiger charge is -2.32. The maximum absolute atomic E-state index is 11.2. The number of allylic oxidation sites excluding steroid dienone is 1. The van der Waals surface area contributed by atoms with E-state index in [1.807, 2.05) is 30.3 Å². The molecule has 0 unspecified atom stereocenters. The molecule has 0 atom stereocenters. The van der Waals surface area contributed by atoms with Crippen LogP contribution in [0, 0.1) is 0 Å². The number of nitrogens with zero attached hydrogens (tertiary/aromatic N) is 4. The van der Waals surface area contributed by atoms with Gasteiger partial charge in [-0.05, 0) is 43.2 Å². The summed E-state index contributed by atoms with van der Waals surface area (Å²) in [4.78, 5) is 27.2. The molecular weight excluding hydrogens is 378 g/mol. The molecular formula is C23H23N5O2. The summed E-state index contributed by atoms with van der Waals surface area (Å²) in [6.45, 7) is 1.64. The van der Waals surface area contributed by atoms with Crippen molar-refractivity contribution in [2.24, 2.45) is 10.7 Å². The number of hydrogen-bond donors (Lipinski definition) is 2. The molecule has 0 spiro atoms. The van der Waals surface area contributed by atoms with E-state index in [9.17, 15) is 9.90 Å². The van der Waals surface area contributed by atoms with Crippen LogP contribution in [-0.2, 0) is 0 Å². The summed E-state index contributed by atoms with van der Waals surface area (Å²) in [5.74, 6) is -0.908. The third-order valence-corrected chi connectivity index (χ3v) is 5.27. The Morgan fingerprint density at radius 2 is 1.90 bits per heavy atom. The summed E-state index contributed by atoms with van der Waals surface area (Å²) in [6, 6.07) is 15.0. The van der Waals surface area contributed by atoms with Gasteiger partial charge in [-0.1, -0.05) is 18.2 Å². The Balaban J connectivity index is 1.41. The molecule has 1 aromatic heterocycles. The molecule has 0 aliphatic carbocycles. The number of aliphatic imine (C=N–C) groups is 1. The van der Waals surface area contributed by atoms with Gasteiger partial charge in [0.05, 0.1) is 34.5 Å². The lowest BCUT2D eigenvalue weighted by molar-refractivity contribution is 0.0697. The first kappa shape index (κ1) is 19.6. The lowest BCUT2D eigenvalue weighted by Crippen LogP contribution is -2.35. The topological polar surface area (TPSA) is 105 Å². The Kier molecular flexibility index (Phi) is 5.70. The largest absolute Gasteiger partial charge is 0.478 e. The van der Waals surface area contributed by atoms with Crippen LogP contribution in [0.2, 0.25) is 0 Å². The maximum Gasteiger partial charge on any atom is 0.335 e. The van der Waals surface area contributed by atoms with Crippen molar-refractivity contribution in [3.8, 4) is 0 Å². The number of para-hydroxylation sites is 2. The van der Waals surface area contributed by atoms with Crippen LogP contribution < -0.4 is 10.6 Å². The summed E-state index contributed by atoms with van der Waals surface area (Å²) in [7, 11) is 0. The zero-order valence-corrected chi connectivity index (χ0v) is 16.5. The molecule has 7 nitrogen and oxygen atoms in total. The number of fused-ring (bicyclic) bond motifs is 1. The van der Waals surface area contributed by atoms with Crippen LogP contribution in [0.3, 0.4) is 0 Å². The number of aromatic nitrogens is 2. The van der Waals surface area contributed by atoms with E-state index >= 15 is 0 Å². The minimum Gasteiger partial charge on any atom is -0.478 e. The van der Waals surface area contributed by atoms with E-state index in [0.717, 1.165) is 48.2 Å². The Morgan fingerprint density at radius 3 is 2.63 bits per heavy atom. The van der Waals surface area contributed by atoms with Crippen LogP contribution in [-0.4, -0.2) is 46.4 Å². The van der Waals surface area contributed by atoms with E-state index in [-0.39, 0.29) is 6.04 Å². The lowest BCUT2D eigenvalue weighted by atomic mass is 10.0. The highest BCUT2D eigenvalue weighted by atomic mass is 16.4. The molecule has 1 aliphatic heterocycles. The highest BCUT2D eigenvalue weighted by Crippen LogP contribution is 2.23. The average molecular weight is 401 g/mol. The number of benzene rings is 2. The zero-order chi connectivity index (χ0) is 20.9. The first-order valence-corrected chi connectivity index (χ1v) is 9.89. The molecule has 0 saturated carbocycles. The first-order chi connectivity index (χ1) is 14.6. The van der Waals surface area contributed by atoms with Gasteiger partial charge in [0.1, 0.15) is 0 Å². The molecule has 0 amide bonds. The van der Waals surface area contributed by atoms with Crippen molar-refractivity contribution in [3.63, 3.8) is 0 Å². The average Bonchev–Trinajstić information content (AvgIpc) is 2.80. The Bertz CT molecular complexity index is 1120. The van der Waals surface area contributed by atoms with Crippen molar-refractivity contribution in [2.45, 2.75) is 18.9 Å². The van der Waals surface area contributed by atoms with E-state index in [2.05, 4.69) is 14.9 Å². The highest BCUT2D eigenvalue weighted by Gasteiger charge is 2.19. The van der Waals surface area contributed by atoms with E-state index < -0.39 is 5.97 Å². The van der Waals surface area contributed by atoms with Crippen LogP contribution in [0.1, 0.15) is 28.9 Å². The number of rotatable bonds is 5. The van der Waals surface area contributed by atoms with Crippen LogP contribution in [0.5, 0.6) is 0 Å². The third kappa shape index (κ3) is 4.30. The molecule has 0 bridgehead atoms. The SMILES string of the molecule is NC=C(C=NC1CCN(c2cccc(C(=O)O)c2)CC1)c1cnc2ccccc2n1. The molecule has 1 saturated heterocycles. The second kappa shape index (κ2) is 8.73. The predicted octanol–water partition coefficient (Wildman–Crippen LogP) is 3.37. The Morgan fingerprint density at radius 1 is 1.13 bits per heavy atom. The Labute approximate surface area is 174 Å². The molecule has 0 radical (unpaired) electrons. The molecule has 7 heteroatoms. The van der Waals surface area contributed by atoms with Gasteiger partial charge >= 0.3 is 5.97 Å². The molecule has 2 heterocycles. The Hall–Kier alpha value is -3.74. The van der Waals surface area contributed by atoms with Crippen LogP contribution in [0.25, 0.3) is 16.6 Å². The van der Waals surface area contributed by atoms with Crippen molar-refractivity contribution in [2.75, 3.05) is 18.0 Å². The van der Waals surface area contributed by atoms with Gasteiger partial charge in [-0.25, -0.2) is 9.78 Å².